The highest BCUT2D eigenvalue weighted by atomic mass is 16.2. The second-order valence-corrected chi connectivity index (χ2v) is 8.94. The summed E-state index contributed by atoms with van der Waals surface area (Å²) in [5.41, 5.74) is 2.46. The molecule has 1 atom stereocenters. The first-order valence-electron chi connectivity index (χ1n) is 11.5. The van der Waals surface area contributed by atoms with E-state index in [9.17, 15) is 9.59 Å². The van der Waals surface area contributed by atoms with E-state index in [2.05, 4.69) is 44.7 Å². The Kier molecular flexibility index (Phi) is 6.89. The van der Waals surface area contributed by atoms with E-state index in [4.69, 9.17) is 0 Å². The van der Waals surface area contributed by atoms with Crippen molar-refractivity contribution in [3.05, 3.63) is 35.4 Å². The van der Waals surface area contributed by atoms with E-state index in [0.29, 0.717) is 25.7 Å². The highest BCUT2D eigenvalue weighted by molar-refractivity contribution is 5.82. The third-order valence-corrected chi connectivity index (χ3v) is 6.52. The molecule has 1 saturated carbocycles. The largest absolute Gasteiger partial charge is 0.352 e. The number of rotatable bonds is 7. The molecule has 1 aromatic carbocycles. The van der Waals surface area contributed by atoms with Crippen LogP contribution in [0, 0.1) is 0 Å². The average molecular weight is 414 g/mol. The molecule has 7 nitrogen and oxygen atoms in total. The maximum atomic E-state index is 12.5. The highest BCUT2D eigenvalue weighted by Gasteiger charge is 2.30. The third kappa shape index (κ3) is 5.73. The number of likely N-dealkylation sites (tertiary alicyclic amines) is 1. The molecule has 1 aromatic rings. The molecule has 2 heterocycles. The maximum Gasteiger partial charge on any atom is 0.317 e. The molecule has 2 N–H and O–H groups in total. The van der Waals surface area contributed by atoms with Crippen molar-refractivity contribution >= 4 is 11.9 Å². The molecule has 0 spiro atoms. The lowest BCUT2D eigenvalue weighted by Crippen LogP contribution is -2.56. The minimum Gasteiger partial charge on any atom is -0.352 e. The minimum absolute atomic E-state index is 0.0223. The van der Waals surface area contributed by atoms with Gasteiger partial charge in [0.15, 0.2) is 0 Å². The fraction of sp³-hybridized carbons (Fsp3) is 0.652. The summed E-state index contributed by atoms with van der Waals surface area (Å²) in [6, 6.07) is 8.81. The van der Waals surface area contributed by atoms with Crippen molar-refractivity contribution in [1.82, 2.24) is 25.3 Å². The van der Waals surface area contributed by atoms with Crippen molar-refractivity contribution < 1.29 is 9.59 Å². The smallest absolute Gasteiger partial charge is 0.317 e. The van der Waals surface area contributed by atoms with Gasteiger partial charge in [-0.25, -0.2) is 4.79 Å². The number of nitrogens with one attached hydrogen (secondary N) is 2. The van der Waals surface area contributed by atoms with Gasteiger partial charge in [-0.15, -0.1) is 0 Å². The van der Waals surface area contributed by atoms with E-state index in [-0.39, 0.29) is 18.0 Å². The number of hydrogen-bond acceptors (Lipinski definition) is 4. The van der Waals surface area contributed by atoms with Crippen LogP contribution in [0.25, 0.3) is 0 Å². The van der Waals surface area contributed by atoms with Crippen molar-refractivity contribution in [1.29, 1.82) is 0 Å². The van der Waals surface area contributed by atoms with Crippen molar-refractivity contribution in [2.24, 2.45) is 0 Å². The van der Waals surface area contributed by atoms with Crippen LogP contribution in [0.2, 0.25) is 0 Å². The Bertz CT molecular complexity index is 720. The van der Waals surface area contributed by atoms with Gasteiger partial charge in [0.2, 0.25) is 5.91 Å². The van der Waals surface area contributed by atoms with E-state index in [1.165, 1.54) is 31.5 Å². The predicted octanol–water partition coefficient (Wildman–Crippen LogP) is 1.78. The molecule has 2 aliphatic heterocycles. The van der Waals surface area contributed by atoms with Gasteiger partial charge in [-0.1, -0.05) is 24.3 Å². The second kappa shape index (κ2) is 9.79. The Morgan fingerprint density at radius 3 is 2.23 bits per heavy atom. The number of carbonyl (C=O) groups excluding carboxylic acids is 2. The Hall–Kier alpha value is -2.12. The van der Waals surface area contributed by atoms with Gasteiger partial charge in [0.25, 0.3) is 0 Å². The van der Waals surface area contributed by atoms with Gasteiger partial charge >= 0.3 is 6.03 Å². The van der Waals surface area contributed by atoms with Crippen molar-refractivity contribution in [3.8, 4) is 0 Å². The van der Waals surface area contributed by atoms with Crippen molar-refractivity contribution in [2.45, 2.75) is 57.8 Å². The molecule has 4 rings (SSSR count). The SMILES string of the molecule is CC(C(=O)NC1CC1)N1CCN(C(=O)NCc2ccc(CN3CCCC3)cc2)CC1. The number of nitrogens with zero attached hydrogens (tertiary/aromatic N) is 3. The zero-order chi connectivity index (χ0) is 20.9. The molecule has 0 bridgehead atoms. The van der Waals surface area contributed by atoms with E-state index in [0.717, 1.165) is 38.0 Å². The Labute approximate surface area is 179 Å². The second-order valence-electron chi connectivity index (χ2n) is 8.94. The van der Waals surface area contributed by atoms with E-state index >= 15 is 0 Å². The summed E-state index contributed by atoms with van der Waals surface area (Å²) in [6.45, 7) is 8.71. The number of hydrogen-bond donors (Lipinski definition) is 2. The topological polar surface area (TPSA) is 67.9 Å². The molecular formula is C23H35N5O2. The molecule has 1 aliphatic carbocycles. The zero-order valence-electron chi connectivity index (χ0n) is 18.1. The Morgan fingerprint density at radius 1 is 0.967 bits per heavy atom. The van der Waals surface area contributed by atoms with Crippen LogP contribution >= 0.6 is 0 Å². The Morgan fingerprint density at radius 2 is 1.60 bits per heavy atom. The van der Waals surface area contributed by atoms with Crippen LogP contribution in [-0.4, -0.2) is 78.0 Å². The molecule has 3 fully saturated rings. The fourth-order valence-corrected chi connectivity index (χ4v) is 4.28. The van der Waals surface area contributed by atoms with Gasteiger partial charge < -0.3 is 15.5 Å². The summed E-state index contributed by atoms with van der Waals surface area (Å²) < 4.78 is 0. The lowest BCUT2D eigenvalue weighted by Gasteiger charge is -2.37. The number of benzene rings is 1. The molecule has 3 amide bonds. The first kappa shape index (κ1) is 21.1. The molecule has 0 aromatic heterocycles. The van der Waals surface area contributed by atoms with Crippen LogP contribution in [0.5, 0.6) is 0 Å². The van der Waals surface area contributed by atoms with Crippen LogP contribution in [0.4, 0.5) is 4.79 Å². The summed E-state index contributed by atoms with van der Waals surface area (Å²) in [7, 11) is 0. The summed E-state index contributed by atoms with van der Waals surface area (Å²) in [5, 5.41) is 6.11. The number of piperazine rings is 1. The predicted molar refractivity (Wildman–Crippen MR) is 117 cm³/mol. The summed E-state index contributed by atoms with van der Waals surface area (Å²) >= 11 is 0. The minimum atomic E-state index is -0.130. The molecule has 30 heavy (non-hydrogen) atoms. The van der Waals surface area contributed by atoms with Gasteiger partial charge in [0, 0.05) is 45.3 Å². The number of amides is 3. The lowest BCUT2D eigenvalue weighted by molar-refractivity contribution is -0.126. The van der Waals surface area contributed by atoms with Gasteiger partial charge in [-0.05, 0) is 56.8 Å². The van der Waals surface area contributed by atoms with Crippen molar-refractivity contribution in [3.63, 3.8) is 0 Å². The van der Waals surface area contributed by atoms with Crippen LogP contribution in [-0.2, 0) is 17.9 Å². The Balaban J connectivity index is 1.17. The first-order chi connectivity index (χ1) is 14.6. The number of urea groups is 1. The van der Waals surface area contributed by atoms with Gasteiger partial charge in [0.1, 0.15) is 0 Å². The van der Waals surface area contributed by atoms with E-state index in [1.54, 1.807) is 0 Å². The molecule has 0 radical (unpaired) electrons. The summed E-state index contributed by atoms with van der Waals surface area (Å²) in [6.07, 6.45) is 4.83. The van der Waals surface area contributed by atoms with Crippen LogP contribution in [0.3, 0.4) is 0 Å². The van der Waals surface area contributed by atoms with Gasteiger partial charge in [-0.3, -0.25) is 14.6 Å². The van der Waals surface area contributed by atoms with Gasteiger partial charge in [0.05, 0.1) is 6.04 Å². The van der Waals surface area contributed by atoms with Gasteiger partial charge in [-0.2, -0.15) is 0 Å². The third-order valence-electron chi connectivity index (χ3n) is 6.52. The van der Waals surface area contributed by atoms with Crippen LogP contribution in [0.15, 0.2) is 24.3 Å². The van der Waals surface area contributed by atoms with Crippen LogP contribution < -0.4 is 10.6 Å². The van der Waals surface area contributed by atoms with Crippen molar-refractivity contribution in [2.75, 3.05) is 39.3 Å². The normalized spacial score (nSPS) is 21.4. The standard InChI is InChI=1S/C23H35N5O2/c1-18(22(29)25-21-8-9-21)27-12-14-28(15-13-27)23(30)24-16-19-4-6-20(7-5-19)17-26-10-2-3-11-26/h4-7,18,21H,2-3,8-17H2,1H3,(H,24,30)(H,25,29). The maximum absolute atomic E-state index is 12.5. The molecule has 2 saturated heterocycles. The summed E-state index contributed by atoms with van der Waals surface area (Å²) in [4.78, 5) is 31.3. The lowest BCUT2D eigenvalue weighted by atomic mass is 10.1. The summed E-state index contributed by atoms with van der Waals surface area (Å²) in [5.74, 6) is 0.114. The highest BCUT2D eigenvalue weighted by Crippen LogP contribution is 2.19. The molecular weight excluding hydrogens is 378 g/mol. The molecule has 1 unspecified atom stereocenters. The fourth-order valence-electron chi connectivity index (χ4n) is 4.28. The van der Waals surface area contributed by atoms with E-state index < -0.39 is 0 Å². The van der Waals surface area contributed by atoms with E-state index in [1.807, 2.05) is 11.8 Å². The molecule has 164 valence electrons. The zero-order valence-corrected chi connectivity index (χ0v) is 18.1. The first-order valence-corrected chi connectivity index (χ1v) is 11.5. The molecule has 3 aliphatic rings. The monoisotopic (exact) mass is 413 g/mol. The average Bonchev–Trinajstić information content (AvgIpc) is 3.44. The quantitative estimate of drug-likeness (QED) is 0.715. The molecule has 7 heteroatoms. The van der Waals surface area contributed by atoms with Crippen LogP contribution in [0.1, 0.15) is 43.7 Å². The number of carbonyl (C=O) groups is 2.